The minimum absolute atomic E-state index is 0.770. The Labute approximate surface area is 85.5 Å². The number of hydrogen-bond donors (Lipinski definition) is 1. The van der Waals surface area contributed by atoms with Gasteiger partial charge in [-0.05, 0) is 31.0 Å². The van der Waals surface area contributed by atoms with Gasteiger partial charge in [-0.15, -0.1) is 0 Å². The highest BCUT2D eigenvalue weighted by atomic mass is 16.5. The van der Waals surface area contributed by atoms with Crippen molar-refractivity contribution in [2.24, 2.45) is 0 Å². The third kappa shape index (κ3) is 4.35. The molecule has 3 nitrogen and oxygen atoms in total. The summed E-state index contributed by atoms with van der Waals surface area (Å²) in [5.41, 5.74) is 2.51. The smallest absolute Gasteiger partial charge is 0.0587 e. The normalized spacial score (nSPS) is 10.4. The van der Waals surface area contributed by atoms with Crippen LogP contribution in [0.1, 0.15) is 11.1 Å². The van der Waals surface area contributed by atoms with Crippen LogP contribution in [0, 0.1) is 6.92 Å². The minimum Gasteiger partial charge on any atom is -0.383 e. The Morgan fingerprint density at radius 2 is 2.21 bits per heavy atom. The second-order valence-electron chi connectivity index (χ2n) is 3.36. The van der Waals surface area contributed by atoms with Crippen LogP contribution in [0.25, 0.3) is 0 Å². The first-order chi connectivity index (χ1) is 6.83. The molecule has 1 heterocycles. The summed E-state index contributed by atoms with van der Waals surface area (Å²) < 4.78 is 4.94. The van der Waals surface area contributed by atoms with Gasteiger partial charge in [-0.3, -0.25) is 4.98 Å². The highest BCUT2D eigenvalue weighted by Gasteiger charge is 1.93. The number of hydrogen-bond acceptors (Lipinski definition) is 3. The first-order valence-electron chi connectivity index (χ1n) is 4.93. The van der Waals surface area contributed by atoms with Gasteiger partial charge in [0.2, 0.25) is 0 Å². The molecular weight excluding hydrogens is 176 g/mol. The monoisotopic (exact) mass is 194 g/mol. The van der Waals surface area contributed by atoms with E-state index in [1.54, 1.807) is 7.11 Å². The lowest BCUT2D eigenvalue weighted by Crippen LogP contribution is -2.21. The molecule has 0 spiro atoms. The molecule has 0 amide bonds. The molecule has 0 aliphatic carbocycles. The van der Waals surface area contributed by atoms with E-state index in [1.807, 2.05) is 12.4 Å². The van der Waals surface area contributed by atoms with Gasteiger partial charge in [-0.25, -0.2) is 0 Å². The number of ether oxygens (including phenoxy) is 1. The fourth-order valence-electron chi connectivity index (χ4n) is 1.29. The third-order valence-corrected chi connectivity index (χ3v) is 2.01. The number of rotatable bonds is 6. The van der Waals surface area contributed by atoms with Gasteiger partial charge in [0.25, 0.3) is 0 Å². The number of pyridine rings is 1. The number of methoxy groups -OCH3 is 1. The van der Waals surface area contributed by atoms with E-state index in [9.17, 15) is 0 Å². The van der Waals surface area contributed by atoms with Crippen molar-refractivity contribution in [3.63, 3.8) is 0 Å². The van der Waals surface area contributed by atoms with E-state index >= 15 is 0 Å². The second kappa shape index (κ2) is 6.51. The summed E-state index contributed by atoms with van der Waals surface area (Å²) in [4.78, 5) is 4.15. The summed E-state index contributed by atoms with van der Waals surface area (Å²) >= 11 is 0. The van der Waals surface area contributed by atoms with Crippen molar-refractivity contribution in [1.29, 1.82) is 0 Å². The Balaban J connectivity index is 2.18. The van der Waals surface area contributed by atoms with Crippen molar-refractivity contribution in [2.75, 3.05) is 26.8 Å². The van der Waals surface area contributed by atoms with Crippen LogP contribution in [-0.4, -0.2) is 31.8 Å². The quantitative estimate of drug-likeness (QED) is 0.690. The van der Waals surface area contributed by atoms with Crippen molar-refractivity contribution < 1.29 is 4.74 Å². The lowest BCUT2D eigenvalue weighted by Gasteiger charge is -2.04. The fourth-order valence-corrected chi connectivity index (χ4v) is 1.29. The summed E-state index contributed by atoms with van der Waals surface area (Å²) in [7, 11) is 1.71. The maximum Gasteiger partial charge on any atom is 0.0587 e. The van der Waals surface area contributed by atoms with Gasteiger partial charge in [0, 0.05) is 26.0 Å². The largest absolute Gasteiger partial charge is 0.383 e. The molecule has 0 aliphatic rings. The first kappa shape index (κ1) is 11.1. The number of nitrogens with one attached hydrogen (secondary N) is 1. The zero-order chi connectivity index (χ0) is 10.2. The maximum atomic E-state index is 4.94. The number of aryl methyl sites for hydroxylation is 1. The topological polar surface area (TPSA) is 34.1 Å². The van der Waals surface area contributed by atoms with Crippen LogP contribution < -0.4 is 5.32 Å². The molecule has 1 rings (SSSR count). The standard InChI is InChI=1S/C11H18N2O/c1-10-7-11(9-13-8-10)3-4-12-5-6-14-2/h7-9,12H,3-6H2,1-2H3. The molecule has 0 saturated carbocycles. The molecular formula is C11H18N2O. The number of aromatic nitrogens is 1. The van der Waals surface area contributed by atoms with Gasteiger partial charge in [0.1, 0.15) is 0 Å². The van der Waals surface area contributed by atoms with Gasteiger partial charge in [0.05, 0.1) is 6.61 Å². The van der Waals surface area contributed by atoms with Crippen LogP contribution in [0.4, 0.5) is 0 Å². The predicted octanol–water partition coefficient (Wildman–Crippen LogP) is 1.17. The Hall–Kier alpha value is -0.930. The fraction of sp³-hybridized carbons (Fsp3) is 0.545. The Kier molecular flexibility index (Phi) is 5.19. The van der Waals surface area contributed by atoms with Gasteiger partial charge < -0.3 is 10.1 Å². The molecule has 3 heteroatoms. The Bertz CT molecular complexity index is 263. The zero-order valence-electron chi connectivity index (χ0n) is 8.92. The van der Waals surface area contributed by atoms with Crippen molar-refractivity contribution in [3.8, 4) is 0 Å². The van der Waals surface area contributed by atoms with Crippen LogP contribution in [0.15, 0.2) is 18.5 Å². The van der Waals surface area contributed by atoms with Crippen LogP contribution >= 0.6 is 0 Å². The van der Waals surface area contributed by atoms with Gasteiger partial charge in [-0.2, -0.15) is 0 Å². The summed E-state index contributed by atoms with van der Waals surface area (Å²) in [6.45, 7) is 4.73. The van der Waals surface area contributed by atoms with E-state index in [4.69, 9.17) is 4.74 Å². The van der Waals surface area contributed by atoms with Crippen molar-refractivity contribution >= 4 is 0 Å². The average molecular weight is 194 g/mol. The van der Waals surface area contributed by atoms with Crippen LogP contribution in [0.2, 0.25) is 0 Å². The Morgan fingerprint density at radius 3 is 2.93 bits per heavy atom. The molecule has 0 bridgehead atoms. The summed E-state index contributed by atoms with van der Waals surface area (Å²) in [6, 6.07) is 2.17. The highest BCUT2D eigenvalue weighted by molar-refractivity contribution is 5.16. The second-order valence-corrected chi connectivity index (χ2v) is 3.36. The summed E-state index contributed by atoms with van der Waals surface area (Å²) in [5.74, 6) is 0. The molecule has 0 aromatic carbocycles. The van der Waals surface area contributed by atoms with Crippen molar-refractivity contribution in [3.05, 3.63) is 29.6 Å². The minimum atomic E-state index is 0.770. The summed E-state index contributed by atoms with van der Waals surface area (Å²) in [5, 5.41) is 3.30. The summed E-state index contributed by atoms with van der Waals surface area (Å²) in [6.07, 6.45) is 4.82. The van der Waals surface area contributed by atoms with Crippen LogP contribution in [-0.2, 0) is 11.2 Å². The molecule has 14 heavy (non-hydrogen) atoms. The number of nitrogens with zero attached hydrogens (tertiary/aromatic N) is 1. The molecule has 0 fully saturated rings. The molecule has 0 aliphatic heterocycles. The van der Waals surface area contributed by atoms with E-state index < -0.39 is 0 Å². The van der Waals surface area contributed by atoms with Crippen molar-refractivity contribution in [2.45, 2.75) is 13.3 Å². The molecule has 0 unspecified atom stereocenters. The molecule has 1 N–H and O–H groups in total. The first-order valence-corrected chi connectivity index (χ1v) is 4.93. The molecule has 0 atom stereocenters. The molecule has 78 valence electrons. The molecule has 1 aromatic heterocycles. The van der Waals surface area contributed by atoms with E-state index in [1.165, 1.54) is 11.1 Å². The Morgan fingerprint density at radius 1 is 1.36 bits per heavy atom. The zero-order valence-corrected chi connectivity index (χ0v) is 8.92. The third-order valence-electron chi connectivity index (χ3n) is 2.01. The SMILES string of the molecule is COCCNCCc1cncc(C)c1. The average Bonchev–Trinajstić information content (AvgIpc) is 2.18. The molecule has 0 saturated heterocycles. The van der Waals surface area contributed by atoms with E-state index in [0.29, 0.717) is 0 Å². The predicted molar refractivity (Wildman–Crippen MR) is 57.4 cm³/mol. The molecule has 1 aromatic rings. The van der Waals surface area contributed by atoms with E-state index in [2.05, 4.69) is 23.3 Å². The van der Waals surface area contributed by atoms with Crippen LogP contribution in [0.5, 0.6) is 0 Å². The van der Waals surface area contributed by atoms with Gasteiger partial charge in [-0.1, -0.05) is 6.07 Å². The lowest BCUT2D eigenvalue weighted by molar-refractivity contribution is 0.199. The molecule has 0 radical (unpaired) electrons. The van der Waals surface area contributed by atoms with Crippen molar-refractivity contribution in [1.82, 2.24) is 10.3 Å². The van der Waals surface area contributed by atoms with Gasteiger partial charge in [0.15, 0.2) is 0 Å². The van der Waals surface area contributed by atoms with E-state index in [-0.39, 0.29) is 0 Å². The van der Waals surface area contributed by atoms with Crippen LogP contribution in [0.3, 0.4) is 0 Å². The highest BCUT2D eigenvalue weighted by Crippen LogP contribution is 2.00. The maximum absolute atomic E-state index is 4.94. The van der Waals surface area contributed by atoms with Gasteiger partial charge >= 0.3 is 0 Å². The van der Waals surface area contributed by atoms with E-state index in [0.717, 1.165) is 26.1 Å². The lowest BCUT2D eigenvalue weighted by atomic mass is 10.2.